The second-order valence-corrected chi connectivity index (χ2v) is 9.08. The zero-order valence-electron chi connectivity index (χ0n) is 20.5. The van der Waals surface area contributed by atoms with Crippen LogP contribution in [0.4, 0.5) is 5.82 Å². The minimum atomic E-state index is -0.990. The number of nitriles is 1. The quantitative estimate of drug-likeness (QED) is 0.446. The van der Waals surface area contributed by atoms with E-state index in [1.807, 2.05) is 30.3 Å². The molecule has 1 N–H and O–H groups in total. The van der Waals surface area contributed by atoms with Crippen LogP contribution >= 0.6 is 0 Å². The van der Waals surface area contributed by atoms with Gasteiger partial charge in [-0.15, -0.1) is 0 Å². The highest BCUT2D eigenvalue weighted by molar-refractivity contribution is 5.88. The van der Waals surface area contributed by atoms with E-state index in [-0.39, 0.29) is 5.91 Å². The summed E-state index contributed by atoms with van der Waals surface area (Å²) in [6, 6.07) is 20.3. The summed E-state index contributed by atoms with van der Waals surface area (Å²) < 4.78 is 0. The van der Waals surface area contributed by atoms with Crippen LogP contribution in [-0.4, -0.2) is 53.5 Å². The number of nitrogens with one attached hydrogen (secondary N) is 1. The summed E-state index contributed by atoms with van der Waals surface area (Å²) in [5, 5.41) is 12.9. The third-order valence-electron chi connectivity index (χ3n) is 6.49. The van der Waals surface area contributed by atoms with Crippen LogP contribution in [0.5, 0.6) is 0 Å². The molecule has 7 heteroatoms. The van der Waals surface area contributed by atoms with E-state index in [2.05, 4.69) is 52.4 Å². The van der Waals surface area contributed by atoms with E-state index in [1.54, 1.807) is 0 Å². The smallest absolute Gasteiger partial charge is 0.243 e. The van der Waals surface area contributed by atoms with E-state index in [1.165, 1.54) is 5.56 Å². The van der Waals surface area contributed by atoms with Gasteiger partial charge in [0.05, 0.1) is 17.1 Å². The topological polar surface area (TPSA) is 85.1 Å². The number of fused-ring (bicyclic) bond motifs is 1. The van der Waals surface area contributed by atoms with Crippen molar-refractivity contribution in [3.63, 3.8) is 0 Å². The molecule has 0 radical (unpaired) electrons. The minimum absolute atomic E-state index is 0.294. The number of benzene rings is 2. The molecule has 0 spiro atoms. The Kier molecular flexibility index (Phi) is 8.63. The molecule has 2 heterocycles. The van der Waals surface area contributed by atoms with Crippen LogP contribution in [0.3, 0.4) is 0 Å². The molecule has 1 amide bonds. The van der Waals surface area contributed by atoms with Gasteiger partial charge >= 0.3 is 0 Å². The SMILES string of the molecule is CCCCCCNC(=O)C(C#N)c1nc2ccccc2nc1N1CCN(Cc2ccccc2)CC1. The Balaban J connectivity index is 1.52. The first-order chi connectivity index (χ1) is 17.2. The third-order valence-corrected chi connectivity index (χ3v) is 6.49. The summed E-state index contributed by atoms with van der Waals surface area (Å²) in [5.41, 5.74) is 3.22. The fourth-order valence-corrected chi connectivity index (χ4v) is 4.50. The first-order valence-corrected chi connectivity index (χ1v) is 12.6. The molecule has 35 heavy (non-hydrogen) atoms. The number of hydrogen-bond donors (Lipinski definition) is 1. The van der Waals surface area contributed by atoms with Gasteiger partial charge in [0.25, 0.3) is 0 Å². The maximum atomic E-state index is 13.0. The molecule has 1 saturated heterocycles. The minimum Gasteiger partial charge on any atom is -0.355 e. The van der Waals surface area contributed by atoms with Crippen molar-refractivity contribution in [2.75, 3.05) is 37.6 Å². The number of amides is 1. The van der Waals surface area contributed by atoms with Crippen LogP contribution in [-0.2, 0) is 11.3 Å². The van der Waals surface area contributed by atoms with Gasteiger partial charge < -0.3 is 10.2 Å². The van der Waals surface area contributed by atoms with Crippen molar-refractivity contribution >= 4 is 22.8 Å². The fourth-order valence-electron chi connectivity index (χ4n) is 4.50. The number of aromatic nitrogens is 2. The standard InChI is InChI=1S/C28H34N6O/c1-2-3-4-10-15-30-28(35)23(20-29)26-27(32-25-14-9-8-13-24(25)31-26)34-18-16-33(17-19-34)21-22-11-6-5-7-12-22/h5-9,11-14,23H,2-4,10,15-19,21H2,1H3,(H,30,35). The molecule has 1 aliphatic rings. The summed E-state index contributed by atoms with van der Waals surface area (Å²) in [5.74, 6) is -0.635. The second kappa shape index (κ2) is 12.3. The van der Waals surface area contributed by atoms with Crippen molar-refractivity contribution in [1.29, 1.82) is 5.26 Å². The number of rotatable bonds is 10. The zero-order chi connectivity index (χ0) is 24.5. The molecule has 3 aromatic rings. The van der Waals surface area contributed by atoms with Crippen LogP contribution < -0.4 is 10.2 Å². The molecule has 2 aromatic carbocycles. The number of anilines is 1. The van der Waals surface area contributed by atoms with Crippen LogP contribution in [0.25, 0.3) is 11.0 Å². The van der Waals surface area contributed by atoms with Gasteiger partial charge in [0.1, 0.15) is 5.69 Å². The molecule has 0 bridgehead atoms. The lowest BCUT2D eigenvalue weighted by Crippen LogP contribution is -2.47. The molecule has 1 aliphatic heterocycles. The van der Waals surface area contributed by atoms with Gasteiger partial charge in [0, 0.05) is 39.3 Å². The van der Waals surface area contributed by atoms with E-state index in [4.69, 9.17) is 9.97 Å². The van der Waals surface area contributed by atoms with Crippen LogP contribution in [0.1, 0.15) is 49.8 Å². The molecule has 1 fully saturated rings. The van der Waals surface area contributed by atoms with Gasteiger partial charge in [0.15, 0.2) is 11.7 Å². The van der Waals surface area contributed by atoms with E-state index in [0.29, 0.717) is 23.6 Å². The van der Waals surface area contributed by atoms with Crippen molar-refractivity contribution in [3.8, 4) is 6.07 Å². The van der Waals surface area contributed by atoms with E-state index in [9.17, 15) is 10.1 Å². The molecule has 1 unspecified atom stereocenters. The fraction of sp³-hybridized carbons (Fsp3) is 0.429. The summed E-state index contributed by atoms with van der Waals surface area (Å²) in [7, 11) is 0. The first-order valence-electron chi connectivity index (χ1n) is 12.6. The van der Waals surface area contributed by atoms with Gasteiger partial charge in [-0.05, 0) is 24.1 Å². The van der Waals surface area contributed by atoms with E-state index in [0.717, 1.165) is 63.9 Å². The Morgan fingerprint density at radius 2 is 1.66 bits per heavy atom. The van der Waals surface area contributed by atoms with Gasteiger partial charge in [-0.1, -0.05) is 68.7 Å². The number of hydrogen-bond acceptors (Lipinski definition) is 6. The maximum absolute atomic E-state index is 13.0. The average molecular weight is 471 g/mol. The monoisotopic (exact) mass is 470 g/mol. The lowest BCUT2D eigenvalue weighted by atomic mass is 10.0. The van der Waals surface area contributed by atoms with Crippen molar-refractivity contribution in [2.24, 2.45) is 0 Å². The van der Waals surface area contributed by atoms with Crippen LogP contribution in [0, 0.1) is 11.3 Å². The van der Waals surface area contributed by atoms with Gasteiger partial charge in [-0.2, -0.15) is 5.26 Å². The Bertz CT molecular complexity index is 1150. The Morgan fingerprint density at radius 1 is 0.971 bits per heavy atom. The zero-order valence-corrected chi connectivity index (χ0v) is 20.5. The number of nitrogens with zero attached hydrogens (tertiary/aromatic N) is 5. The van der Waals surface area contributed by atoms with Crippen molar-refractivity contribution in [2.45, 2.75) is 45.1 Å². The van der Waals surface area contributed by atoms with Gasteiger partial charge in [0.2, 0.25) is 5.91 Å². The third kappa shape index (κ3) is 6.34. The Labute approximate surface area is 207 Å². The van der Waals surface area contributed by atoms with Crippen molar-refractivity contribution < 1.29 is 4.79 Å². The molecule has 182 valence electrons. The molecule has 0 aliphatic carbocycles. The number of carbonyl (C=O) groups excluding carboxylic acids is 1. The summed E-state index contributed by atoms with van der Waals surface area (Å²) in [6.45, 7) is 6.93. The first kappa shape index (κ1) is 24.6. The van der Waals surface area contributed by atoms with Crippen molar-refractivity contribution in [3.05, 3.63) is 65.9 Å². The van der Waals surface area contributed by atoms with Crippen LogP contribution in [0.15, 0.2) is 54.6 Å². The lowest BCUT2D eigenvalue weighted by molar-refractivity contribution is -0.121. The van der Waals surface area contributed by atoms with Crippen LogP contribution in [0.2, 0.25) is 0 Å². The predicted octanol–water partition coefficient (Wildman–Crippen LogP) is 4.26. The molecule has 1 atom stereocenters. The van der Waals surface area contributed by atoms with E-state index < -0.39 is 5.92 Å². The van der Waals surface area contributed by atoms with Crippen molar-refractivity contribution in [1.82, 2.24) is 20.2 Å². The second-order valence-electron chi connectivity index (χ2n) is 9.08. The molecule has 7 nitrogen and oxygen atoms in total. The van der Waals surface area contributed by atoms with Gasteiger partial charge in [-0.25, -0.2) is 9.97 Å². The molecular formula is C28H34N6O. The largest absolute Gasteiger partial charge is 0.355 e. The number of carbonyl (C=O) groups is 1. The highest BCUT2D eigenvalue weighted by atomic mass is 16.1. The summed E-state index contributed by atoms with van der Waals surface area (Å²) in [4.78, 5) is 27.3. The Hall–Kier alpha value is -3.50. The maximum Gasteiger partial charge on any atom is 0.243 e. The number of piperazine rings is 1. The van der Waals surface area contributed by atoms with E-state index >= 15 is 0 Å². The van der Waals surface area contributed by atoms with Gasteiger partial charge in [-0.3, -0.25) is 9.69 Å². The Morgan fingerprint density at radius 3 is 2.34 bits per heavy atom. The highest BCUT2D eigenvalue weighted by Crippen LogP contribution is 2.28. The lowest BCUT2D eigenvalue weighted by Gasteiger charge is -2.36. The molecule has 4 rings (SSSR count). The molecule has 0 saturated carbocycles. The number of para-hydroxylation sites is 2. The highest BCUT2D eigenvalue weighted by Gasteiger charge is 2.30. The summed E-state index contributed by atoms with van der Waals surface area (Å²) in [6.07, 6.45) is 4.27. The predicted molar refractivity (Wildman–Crippen MR) is 139 cm³/mol. The average Bonchev–Trinajstić information content (AvgIpc) is 2.90. The number of unbranched alkanes of at least 4 members (excludes halogenated alkanes) is 3. The molecule has 1 aromatic heterocycles. The summed E-state index contributed by atoms with van der Waals surface area (Å²) >= 11 is 0. The molecular weight excluding hydrogens is 436 g/mol. The normalized spacial score (nSPS) is 15.0.